The smallest absolute Gasteiger partial charge is 0.297 e. The highest BCUT2D eigenvalue weighted by Gasteiger charge is 2.25. The van der Waals surface area contributed by atoms with Gasteiger partial charge in [-0.05, 0) is 38.1 Å². The van der Waals surface area contributed by atoms with Gasteiger partial charge in [0.05, 0.1) is 26.7 Å². The van der Waals surface area contributed by atoms with E-state index < -0.39 is 17.5 Å². The molecule has 176 valence electrons. The molecular formula is C24H24N4O6. The van der Waals surface area contributed by atoms with E-state index in [1.54, 1.807) is 51.3 Å². The molecule has 1 N–H and O–H groups in total. The maximum absolute atomic E-state index is 13.2. The quantitative estimate of drug-likeness (QED) is 0.441. The summed E-state index contributed by atoms with van der Waals surface area (Å²) in [4.78, 5) is 26.2. The first-order chi connectivity index (χ1) is 16.4. The molecule has 0 unspecified atom stereocenters. The van der Waals surface area contributed by atoms with Crippen molar-refractivity contribution in [3.05, 3.63) is 58.6 Å². The lowest BCUT2D eigenvalue weighted by molar-refractivity contribution is -0.119. The van der Waals surface area contributed by atoms with E-state index in [0.29, 0.717) is 45.3 Å². The monoisotopic (exact) mass is 464 g/mol. The first-order valence-corrected chi connectivity index (χ1v) is 10.4. The number of anilines is 1. The van der Waals surface area contributed by atoms with Gasteiger partial charge in [-0.3, -0.25) is 9.59 Å². The van der Waals surface area contributed by atoms with Gasteiger partial charge in [-0.15, -0.1) is 0 Å². The number of fused-ring (bicyclic) bond motifs is 1. The van der Waals surface area contributed by atoms with Crippen LogP contribution in [0.2, 0.25) is 0 Å². The van der Waals surface area contributed by atoms with Gasteiger partial charge in [0.1, 0.15) is 23.2 Å². The minimum Gasteiger partial charge on any atom is -0.497 e. The van der Waals surface area contributed by atoms with Gasteiger partial charge < -0.3 is 24.1 Å². The second-order valence-corrected chi connectivity index (χ2v) is 7.53. The highest BCUT2D eigenvalue weighted by atomic mass is 16.5. The molecule has 1 amide bonds. The van der Waals surface area contributed by atoms with Gasteiger partial charge >= 0.3 is 0 Å². The zero-order chi connectivity index (χ0) is 24.4. The van der Waals surface area contributed by atoms with Crippen molar-refractivity contribution in [2.24, 2.45) is 0 Å². The van der Waals surface area contributed by atoms with Crippen molar-refractivity contribution >= 4 is 22.5 Å². The van der Waals surface area contributed by atoms with Gasteiger partial charge in [0.2, 0.25) is 5.91 Å². The number of hydrogen-bond donors (Lipinski definition) is 1. The highest BCUT2D eigenvalue weighted by Crippen LogP contribution is 2.31. The van der Waals surface area contributed by atoms with Crippen molar-refractivity contribution in [2.45, 2.75) is 19.9 Å². The number of ether oxygens (including phenoxy) is 3. The maximum Gasteiger partial charge on any atom is 0.297 e. The van der Waals surface area contributed by atoms with Crippen LogP contribution in [0.25, 0.3) is 22.2 Å². The fraction of sp³-hybridized carbons (Fsp3) is 0.250. The maximum atomic E-state index is 13.2. The normalized spacial score (nSPS) is 11.8. The number of benzene rings is 2. The van der Waals surface area contributed by atoms with Crippen molar-refractivity contribution in [2.75, 3.05) is 26.6 Å². The van der Waals surface area contributed by atoms with E-state index in [1.807, 2.05) is 12.1 Å². The van der Waals surface area contributed by atoms with Crippen LogP contribution in [0.4, 0.5) is 5.69 Å². The van der Waals surface area contributed by atoms with Gasteiger partial charge in [-0.1, -0.05) is 17.3 Å². The van der Waals surface area contributed by atoms with Crippen molar-refractivity contribution < 1.29 is 23.5 Å². The van der Waals surface area contributed by atoms with E-state index in [4.69, 9.17) is 18.7 Å². The standard InChI is InChI=1S/C24H24N4O6/c1-13(23(29)25-16-9-10-18(32-4)19(12-16)33-5)28-24(30)22-20(14(2)34-27-22)21(26-28)15-7-6-8-17(11-15)31-3/h6-13H,1-5H3,(H,25,29)/t13-/m0/s1. The lowest BCUT2D eigenvalue weighted by atomic mass is 10.1. The number of carbonyl (C=O) groups excluding carboxylic acids is 1. The van der Waals surface area contributed by atoms with E-state index >= 15 is 0 Å². The van der Waals surface area contributed by atoms with Gasteiger partial charge in [0.15, 0.2) is 17.0 Å². The van der Waals surface area contributed by atoms with Gasteiger partial charge in [-0.2, -0.15) is 5.10 Å². The molecule has 0 fully saturated rings. The van der Waals surface area contributed by atoms with Crippen LogP contribution in [0, 0.1) is 6.92 Å². The molecule has 0 spiro atoms. The molecule has 0 aliphatic rings. The molecule has 0 saturated heterocycles. The van der Waals surface area contributed by atoms with Crippen LogP contribution in [0.3, 0.4) is 0 Å². The number of nitrogens with zero attached hydrogens (tertiary/aromatic N) is 3. The van der Waals surface area contributed by atoms with Crippen LogP contribution in [0.1, 0.15) is 18.7 Å². The average Bonchev–Trinajstić information content (AvgIpc) is 3.25. The molecular weight excluding hydrogens is 440 g/mol. The van der Waals surface area contributed by atoms with E-state index in [9.17, 15) is 9.59 Å². The highest BCUT2D eigenvalue weighted by molar-refractivity contribution is 5.95. The van der Waals surface area contributed by atoms with Gasteiger partial charge in [0.25, 0.3) is 5.56 Å². The van der Waals surface area contributed by atoms with Crippen molar-refractivity contribution in [1.82, 2.24) is 14.9 Å². The number of methoxy groups -OCH3 is 3. The molecule has 1 atom stereocenters. The molecule has 0 radical (unpaired) electrons. The number of hydrogen-bond acceptors (Lipinski definition) is 8. The second-order valence-electron chi connectivity index (χ2n) is 7.53. The van der Waals surface area contributed by atoms with E-state index in [-0.39, 0.29) is 5.52 Å². The summed E-state index contributed by atoms with van der Waals surface area (Å²) in [5.41, 5.74) is 1.19. The van der Waals surface area contributed by atoms with Gasteiger partial charge in [-0.25, -0.2) is 4.68 Å². The predicted molar refractivity (Wildman–Crippen MR) is 126 cm³/mol. The Hall–Kier alpha value is -4.34. The summed E-state index contributed by atoms with van der Waals surface area (Å²) in [6, 6.07) is 11.3. The number of carbonyl (C=O) groups is 1. The third kappa shape index (κ3) is 4.05. The molecule has 0 aliphatic heterocycles. The van der Waals surface area contributed by atoms with Gasteiger partial charge in [0, 0.05) is 17.3 Å². The molecule has 2 aromatic carbocycles. The van der Waals surface area contributed by atoms with Crippen LogP contribution in [0.5, 0.6) is 17.2 Å². The molecule has 4 rings (SSSR count). The summed E-state index contributed by atoms with van der Waals surface area (Å²) in [7, 11) is 4.59. The molecule has 10 nitrogen and oxygen atoms in total. The molecule has 2 aromatic heterocycles. The third-order valence-electron chi connectivity index (χ3n) is 5.46. The zero-order valence-electron chi connectivity index (χ0n) is 19.4. The Morgan fingerprint density at radius 3 is 2.53 bits per heavy atom. The molecule has 34 heavy (non-hydrogen) atoms. The summed E-state index contributed by atoms with van der Waals surface area (Å²) < 4.78 is 22.2. The Morgan fingerprint density at radius 1 is 1.06 bits per heavy atom. The second kappa shape index (κ2) is 9.26. The Morgan fingerprint density at radius 2 is 1.82 bits per heavy atom. The molecule has 0 bridgehead atoms. The first-order valence-electron chi connectivity index (χ1n) is 10.4. The van der Waals surface area contributed by atoms with E-state index in [2.05, 4.69) is 15.6 Å². The average molecular weight is 464 g/mol. The first kappa shape index (κ1) is 22.8. The SMILES string of the molecule is COc1cccc(-c2nn([C@@H](C)C(=O)Nc3ccc(OC)c(OC)c3)c(=O)c3noc(C)c23)c1. The Bertz CT molecular complexity index is 1420. The van der Waals surface area contributed by atoms with Crippen LogP contribution in [-0.4, -0.2) is 42.2 Å². The number of aromatic nitrogens is 3. The topological polar surface area (TPSA) is 118 Å². The molecule has 10 heteroatoms. The van der Waals surface area contributed by atoms with Crippen LogP contribution in [0.15, 0.2) is 51.8 Å². The molecule has 4 aromatic rings. The fourth-order valence-corrected chi connectivity index (χ4v) is 3.62. The zero-order valence-corrected chi connectivity index (χ0v) is 19.4. The number of rotatable bonds is 7. The molecule has 0 saturated carbocycles. The van der Waals surface area contributed by atoms with E-state index in [0.717, 1.165) is 4.68 Å². The number of aryl methyl sites for hydroxylation is 1. The lowest BCUT2D eigenvalue weighted by Crippen LogP contribution is -2.34. The van der Waals surface area contributed by atoms with Crippen LogP contribution >= 0.6 is 0 Å². The van der Waals surface area contributed by atoms with Crippen molar-refractivity contribution in [1.29, 1.82) is 0 Å². The molecule has 2 heterocycles. The predicted octanol–water partition coefficient (Wildman–Crippen LogP) is 3.59. The Balaban J connectivity index is 1.76. The Labute approximate surface area is 195 Å². The summed E-state index contributed by atoms with van der Waals surface area (Å²) in [6.45, 7) is 3.29. The summed E-state index contributed by atoms with van der Waals surface area (Å²) in [6.07, 6.45) is 0. The minimum absolute atomic E-state index is 0.0936. The minimum atomic E-state index is -0.952. The number of amides is 1. The summed E-state index contributed by atoms with van der Waals surface area (Å²) in [5.74, 6) is 1.62. The Kier molecular flexibility index (Phi) is 6.22. The van der Waals surface area contributed by atoms with Crippen LogP contribution < -0.4 is 25.1 Å². The van der Waals surface area contributed by atoms with Crippen molar-refractivity contribution in [3.8, 4) is 28.5 Å². The fourth-order valence-electron chi connectivity index (χ4n) is 3.62. The lowest BCUT2D eigenvalue weighted by Gasteiger charge is -2.16. The molecule has 0 aliphatic carbocycles. The third-order valence-corrected chi connectivity index (χ3v) is 5.46. The summed E-state index contributed by atoms with van der Waals surface area (Å²) >= 11 is 0. The van der Waals surface area contributed by atoms with Crippen molar-refractivity contribution in [3.63, 3.8) is 0 Å². The summed E-state index contributed by atoms with van der Waals surface area (Å²) in [5, 5.41) is 11.8. The number of nitrogens with one attached hydrogen (secondary N) is 1. The van der Waals surface area contributed by atoms with Crippen LogP contribution in [-0.2, 0) is 4.79 Å². The van der Waals surface area contributed by atoms with E-state index in [1.165, 1.54) is 14.2 Å². The largest absolute Gasteiger partial charge is 0.497 e.